The van der Waals surface area contributed by atoms with Crippen LogP contribution in [0.2, 0.25) is 0 Å². The number of allylic oxidation sites excluding steroid dienone is 3. The zero-order valence-corrected chi connectivity index (χ0v) is 17.7. The van der Waals surface area contributed by atoms with Crippen molar-refractivity contribution in [1.82, 2.24) is 14.9 Å². The second-order valence-electron chi connectivity index (χ2n) is 7.29. The molecule has 32 heavy (non-hydrogen) atoms. The van der Waals surface area contributed by atoms with Gasteiger partial charge in [-0.3, -0.25) is 14.6 Å². The highest BCUT2D eigenvalue weighted by Gasteiger charge is 2.26. The van der Waals surface area contributed by atoms with Crippen molar-refractivity contribution >= 4 is 23.2 Å². The molecule has 1 saturated carbocycles. The van der Waals surface area contributed by atoms with Crippen molar-refractivity contribution in [1.29, 1.82) is 0 Å². The number of amides is 1. The van der Waals surface area contributed by atoms with Gasteiger partial charge in [-0.05, 0) is 62.2 Å². The van der Waals surface area contributed by atoms with Gasteiger partial charge in [-0.2, -0.15) is 0 Å². The Morgan fingerprint density at radius 2 is 2.12 bits per heavy atom. The topological polar surface area (TPSA) is 76.3 Å². The van der Waals surface area contributed by atoms with Crippen molar-refractivity contribution in [2.45, 2.75) is 25.8 Å². The highest BCUT2D eigenvalue weighted by molar-refractivity contribution is 5.97. The number of fused-ring (bicyclic) bond motifs is 1. The van der Waals surface area contributed by atoms with Gasteiger partial charge in [0.05, 0.1) is 5.39 Å². The lowest BCUT2D eigenvalue weighted by atomic mass is 10.1. The van der Waals surface area contributed by atoms with Gasteiger partial charge < -0.3 is 9.88 Å². The third-order valence-electron chi connectivity index (χ3n) is 4.87. The quantitative estimate of drug-likeness (QED) is 0.386. The molecule has 4 rings (SSSR count). The number of benzene rings is 1. The molecule has 0 radical (unpaired) electrons. The van der Waals surface area contributed by atoms with Crippen LogP contribution in [0, 0.1) is 11.8 Å². The molecule has 0 atom stereocenters. The van der Waals surface area contributed by atoms with Crippen LogP contribution in [-0.2, 0) is 0 Å². The number of pyridine rings is 2. The van der Waals surface area contributed by atoms with Crippen LogP contribution in [0.1, 0.15) is 35.7 Å². The molecule has 1 aromatic carbocycles. The molecule has 0 saturated heterocycles. The third kappa shape index (κ3) is 4.90. The van der Waals surface area contributed by atoms with Crippen molar-refractivity contribution < 1.29 is 4.79 Å². The summed E-state index contributed by atoms with van der Waals surface area (Å²) in [6.45, 7) is 1.85. The summed E-state index contributed by atoms with van der Waals surface area (Å²) in [5.41, 5.74) is 1.85. The minimum Gasteiger partial charge on any atom is -0.349 e. The molecular weight excluding hydrogens is 400 g/mol. The lowest BCUT2D eigenvalue weighted by molar-refractivity contribution is 0.0949. The van der Waals surface area contributed by atoms with E-state index in [1.807, 2.05) is 37.3 Å². The van der Waals surface area contributed by atoms with Crippen molar-refractivity contribution in [2.75, 3.05) is 0 Å². The summed E-state index contributed by atoms with van der Waals surface area (Å²) >= 11 is 0. The van der Waals surface area contributed by atoms with Crippen LogP contribution < -0.4 is 10.7 Å². The van der Waals surface area contributed by atoms with Crippen LogP contribution in [0.3, 0.4) is 0 Å². The number of carbonyl (C=O) groups is 1. The Bertz CT molecular complexity index is 1370. The first-order chi connectivity index (χ1) is 15.7. The highest BCUT2D eigenvalue weighted by Crippen LogP contribution is 2.20. The maximum atomic E-state index is 12.9. The van der Waals surface area contributed by atoms with Gasteiger partial charge >= 0.3 is 0 Å². The molecule has 2 aromatic heterocycles. The molecular formula is C26H22N4O2. The second kappa shape index (κ2) is 9.71. The molecule has 6 nitrogen and oxygen atoms in total. The Morgan fingerprint density at radius 3 is 2.94 bits per heavy atom. The molecule has 2 heterocycles. The number of aliphatic imine (C=N–C) groups is 1. The highest BCUT2D eigenvalue weighted by atomic mass is 16.2. The van der Waals surface area contributed by atoms with Gasteiger partial charge in [0.2, 0.25) is 5.43 Å². The fraction of sp³-hybridized carbons (Fsp3) is 0.154. The second-order valence-corrected chi connectivity index (χ2v) is 7.29. The molecule has 3 aromatic rings. The molecule has 0 bridgehead atoms. The minimum absolute atomic E-state index is 0.110. The van der Waals surface area contributed by atoms with Gasteiger partial charge in [0.1, 0.15) is 11.2 Å². The van der Waals surface area contributed by atoms with Crippen LogP contribution in [-0.4, -0.2) is 27.7 Å². The van der Waals surface area contributed by atoms with Crippen molar-refractivity contribution in [3.8, 4) is 17.5 Å². The smallest absolute Gasteiger partial charge is 0.257 e. The Labute approximate surface area is 186 Å². The number of carbonyl (C=O) groups excluding carboxylic acids is 1. The first kappa shape index (κ1) is 21.0. The molecule has 0 unspecified atom stereocenters. The molecule has 1 fully saturated rings. The first-order valence-electron chi connectivity index (χ1n) is 10.4. The molecule has 1 aliphatic rings. The van der Waals surface area contributed by atoms with Gasteiger partial charge in [0, 0.05) is 42.1 Å². The van der Waals surface area contributed by atoms with Crippen LogP contribution in [0.5, 0.6) is 0 Å². The lowest BCUT2D eigenvalue weighted by Crippen LogP contribution is -2.31. The Morgan fingerprint density at radius 1 is 1.25 bits per heavy atom. The largest absolute Gasteiger partial charge is 0.349 e. The van der Waals surface area contributed by atoms with Gasteiger partial charge in [-0.25, -0.2) is 4.98 Å². The van der Waals surface area contributed by atoms with Crippen LogP contribution in [0.15, 0.2) is 83.0 Å². The lowest BCUT2D eigenvalue weighted by Gasteiger charge is -2.13. The van der Waals surface area contributed by atoms with Gasteiger partial charge in [0.15, 0.2) is 0 Å². The van der Waals surface area contributed by atoms with Gasteiger partial charge in [0.25, 0.3) is 5.91 Å². The normalized spacial score (nSPS) is 13.7. The van der Waals surface area contributed by atoms with Crippen molar-refractivity contribution in [2.24, 2.45) is 4.99 Å². The van der Waals surface area contributed by atoms with E-state index in [1.165, 1.54) is 0 Å². The van der Waals surface area contributed by atoms with Crippen molar-refractivity contribution in [3.05, 3.63) is 94.6 Å². The molecule has 1 aliphatic carbocycles. The van der Waals surface area contributed by atoms with E-state index in [-0.39, 0.29) is 22.9 Å². The number of hydrogen-bond acceptors (Lipinski definition) is 4. The molecule has 0 aliphatic heterocycles. The average Bonchev–Trinajstić information content (AvgIpc) is 3.63. The fourth-order valence-corrected chi connectivity index (χ4v) is 3.16. The van der Waals surface area contributed by atoms with E-state index in [0.717, 1.165) is 24.1 Å². The van der Waals surface area contributed by atoms with Crippen LogP contribution in [0.25, 0.3) is 16.7 Å². The maximum absolute atomic E-state index is 12.9. The molecule has 6 heteroatoms. The van der Waals surface area contributed by atoms with Crippen LogP contribution in [0.4, 0.5) is 0 Å². The van der Waals surface area contributed by atoms with Crippen LogP contribution >= 0.6 is 0 Å². The number of hydrogen-bond donors (Lipinski definition) is 1. The van der Waals surface area contributed by atoms with E-state index in [4.69, 9.17) is 0 Å². The summed E-state index contributed by atoms with van der Waals surface area (Å²) < 4.78 is 1.77. The van der Waals surface area contributed by atoms with Gasteiger partial charge in [-0.15, -0.1) is 0 Å². The summed E-state index contributed by atoms with van der Waals surface area (Å²) in [5.74, 6) is 5.73. The number of nitrogens with zero attached hydrogens (tertiary/aromatic N) is 3. The Balaban J connectivity index is 1.72. The summed E-state index contributed by atoms with van der Waals surface area (Å²) in [6, 6.07) is 11.1. The molecule has 1 N–H and O–H groups in total. The van der Waals surface area contributed by atoms with Crippen molar-refractivity contribution in [3.63, 3.8) is 0 Å². The predicted octanol–water partition coefficient (Wildman–Crippen LogP) is 3.79. The maximum Gasteiger partial charge on any atom is 0.257 e. The standard InChI is InChI=1S/C26H22N4O2/c1-2-27-15-6-4-3-5-9-19-10-7-11-21(17-19)30-18-23(26(32)29-20-13-14-20)24(31)22-12-8-16-28-25(22)30/h2-4,6-8,10-12,15-18,20H,13-14H2,1H3,(H,29,32)/b4-3+,15-6-,27-2?. The zero-order chi connectivity index (χ0) is 22.3. The predicted molar refractivity (Wildman–Crippen MR) is 127 cm³/mol. The summed E-state index contributed by atoms with van der Waals surface area (Å²) in [7, 11) is 0. The molecule has 1 amide bonds. The number of nitrogens with one attached hydrogen (secondary N) is 1. The summed E-state index contributed by atoms with van der Waals surface area (Å²) in [5, 5.41) is 3.30. The SMILES string of the molecule is CC=N/C=C\C=C\C#Cc1cccc(-n2cc(C(=O)NC3CC3)c(=O)c3cccnc32)c1. The summed E-state index contributed by atoms with van der Waals surface area (Å²) in [4.78, 5) is 34.0. The van der Waals surface area contributed by atoms with E-state index in [9.17, 15) is 9.59 Å². The average molecular weight is 422 g/mol. The minimum atomic E-state index is -0.349. The van der Waals surface area contributed by atoms with E-state index in [0.29, 0.717) is 11.0 Å². The third-order valence-corrected chi connectivity index (χ3v) is 4.87. The molecule has 0 spiro atoms. The Hall–Kier alpha value is -4.24. The molecule has 158 valence electrons. The Kier molecular flexibility index (Phi) is 6.38. The summed E-state index contributed by atoms with van der Waals surface area (Å²) in [6.07, 6.45) is 13.9. The zero-order valence-electron chi connectivity index (χ0n) is 17.7. The van der Waals surface area contributed by atoms with Gasteiger partial charge in [-0.1, -0.05) is 24.0 Å². The van der Waals surface area contributed by atoms with E-state index >= 15 is 0 Å². The first-order valence-corrected chi connectivity index (χ1v) is 10.4. The monoisotopic (exact) mass is 422 g/mol. The van der Waals surface area contributed by atoms with E-state index in [1.54, 1.807) is 53.7 Å². The van der Waals surface area contributed by atoms with E-state index < -0.39 is 0 Å². The number of rotatable bonds is 5. The fourth-order valence-electron chi connectivity index (χ4n) is 3.16. The number of aromatic nitrogens is 2. The van der Waals surface area contributed by atoms with E-state index in [2.05, 4.69) is 27.1 Å².